The lowest BCUT2D eigenvalue weighted by Gasteiger charge is -2.09. The highest BCUT2D eigenvalue weighted by Gasteiger charge is 2.19. The predicted octanol–water partition coefficient (Wildman–Crippen LogP) is 5.83. The lowest BCUT2D eigenvalue weighted by atomic mass is 10.1. The van der Waals surface area contributed by atoms with Gasteiger partial charge in [0.05, 0.1) is 17.5 Å². The lowest BCUT2D eigenvalue weighted by molar-refractivity contribution is 0.568. The molecule has 3 unspecified atom stereocenters. The monoisotopic (exact) mass is 524 g/mol. The molecule has 0 fully saturated rings. The molecule has 3 atom stereocenters. The molecule has 0 aliphatic heterocycles. The Morgan fingerprint density at radius 3 is 2.56 bits per heavy atom. The number of aromatic nitrogens is 4. The molecule has 0 bridgehead atoms. The summed E-state index contributed by atoms with van der Waals surface area (Å²) in [6, 6.07) is 13.1. The number of benzene rings is 2. The molecule has 0 radical (unpaired) electrons. The first kappa shape index (κ1) is 26.2. The predicted molar refractivity (Wildman–Crippen MR) is 147 cm³/mol. The summed E-state index contributed by atoms with van der Waals surface area (Å²) >= 11 is 1.83. The van der Waals surface area contributed by atoms with Gasteiger partial charge in [-0.3, -0.25) is 0 Å². The molecular weight excluding hydrogens is 494 g/mol. The third kappa shape index (κ3) is 6.46. The molecule has 10 heteroatoms. The number of halogens is 1. The van der Waals surface area contributed by atoms with E-state index in [1.54, 1.807) is 12.3 Å². The molecule has 2 aromatic heterocycles. The van der Waals surface area contributed by atoms with Crippen molar-refractivity contribution in [2.24, 2.45) is 0 Å². The van der Waals surface area contributed by atoms with Crippen LogP contribution in [0.15, 0.2) is 58.0 Å². The van der Waals surface area contributed by atoms with E-state index >= 15 is 0 Å². The molecule has 0 spiro atoms. The van der Waals surface area contributed by atoms with Gasteiger partial charge in [-0.05, 0) is 41.9 Å². The fourth-order valence-electron chi connectivity index (χ4n) is 3.43. The fraction of sp³-hybridized carbons (Fsp3) is 0.308. The normalized spacial score (nSPS) is 13.0. The third-order valence-electron chi connectivity index (χ3n) is 5.55. The van der Waals surface area contributed by atoms with Crippen molar-refractivity contribution in [1.82, 2.24) is 25.5 Å². The number of nitrogen functional groups attached to an aromatic ring is 1. The molecule has 0 saturated carbocycles. The summed E-state index contributed by atoms with van der Waals surface area (Å²) in [7, 11) is 2.73. The van der Waals surface area contributed by atoms with Crippen LogP contribution in [0.2, 0.25) is 0 Å². The van der Waals surface area contributed by atoms with Crippen LogP contribution in [0, 0.1) is 5.82 Å². The Balaban J connectivity index is 1.54. The van der Waals surface area contributed by atoms with Crippen molar-refractivity contribution in [2.45, 2.75) is 49.5 Å². The van der Waals surface area contributed by atoms with E-state index in [2.05, 4.69) is 67.6 Å². The van der Waals surface area contributed by atoms with Crippen LogP contribution in [0.25, 0.3) is 34.3 Å². The zero-order valence-corrected chi connectivity index (χ0v) is 22.5. The number of nitrogens with one attached hydrogen (secondary N) is 1. The van der Waals surface area contributed by atoms with Gasteiger partial charge in [-0.1, -0.05) is 39.0 Å². The molecule has 0 aliphatic rings. The lowest BCUT2D eigenvalue weighted by Crippen LogP contribution is -2.20. The van der Waals surface area contributed by atoms with Crippen LogP contribution in [-0.4, -0.2) is 37.6 Å². The maximum atomic E-state index is 14.8. The largest absolute Gasteiger partial charge is 0.414 e. The number of thioether (sulfide) groups is 1. The minimum absolute atomic E-state index is 0.0543. The molecule has 188 valence electrons. The summed E-state index contributed by atoms with van der Waals surface area (Å²) in [5, 5.41) is 11.9. The van der Waals surface area contributed by atoms with E-state index in [4.69, 9.17) is 10.2 Å². The Kier molecular flexibility index (Phi) is 8.67. The van der Waals surface area contributed by atoms with Crippen LogP contribution in [0.4, 0.5) is 10.2 Å². The maximum Gasteiger partial charge on any atom is 0.270 e. The first-order valence-electron chi connectivity index (χ1n) is 11.8. The molecular formula is C26H30FN6OPS. The van der Waals surface area contributed by atoms with Gasteiger partial charge in [-0.15, -0.1) is 31.2 Å². The zero-order chi connectivity index (χ0) is 25.7. The van der Waals surface area contributed by atoms with Crippen LogP contribution >= 0.6 is 21.0 Å². The minimum atomic E-state index is -0.438. The van der Waals surface area contributed by atoms with Crippen molar-refractivity contribution in [3.8, 4) is 34.3 Å². The maximum absolute atomic E-state index is 14.8. The summed E-state index contributed by atoms with van der Waals surface area (Å²) in [6.45, 7) is 7.87. The smallest absolute Gasteiger partial charge is 0.270 e. The molecule has 0 aliphatic carbocycles. The van der Waals surface area contributed by atoms with Gasteiger partial charge in [-0.2, -0.15) is 0 Å². The van der Waals surface area contributed by atoms with E-state index in [-0.39, 0.29) is 28.9 Å². The Morgan fingerprint density at radius 1 is 1.11 bits per heavy atom. The molecule has 4 rings (SSSR count). The third-order valence-corrected chi connectivity index (χ3v) is 7.07. The van der Waals surface area contributed by atoms with E-state index in [9.17, 15) is 4.39 Å². The summed E-state index contributed by atoms with van der Waals surface area (Å²) in [4.78, 5) is 10.1. The van der Waals surface area contributed by atoms with Crippen molar-refractivity contribution in [3.63, 3.8) is 0 Å². The number of nitrogens with zero attached hydrogens (tertiary/aromatic N) is 4. The van der Waals surface area contributed by atoms with Gasteiger partial charge in [0.2, 0.25) is 0 Å². The number of anilines is 1. The van der Waals surface area contributed by atoms with Gasteiger partial charge in [0.1, 0.15) is 5.82 Å². The highest BCUT2D eigenvalue weighted by atomic mass is 32.2. The Bertz CT molecular complexity index is 1310. The van der Waals surface area contributed by atoms with Gasteiger partial charge >= 0.3 is 0 Å². The van der Waals surface area contributed by atoms with E-state index < -0.39 is 5.82 Å². The van der Waals surface area contributed by atoms with E-state index in [0.29, 0.717) is 23.1 Å². The summed E-state index contributed by atoms with van der Waals surface area (Å²) < 4.78 is 20.6. The van der Waals surface area contributed by atoms with Gasteiger partial charge in [0, 0.05) is 28.8 Å². The Labute approximate surface area is 217 Å². The van der Waals surface area contributed by atoms with Gasteiger partial charge in [0.15, 0.2) is 11.5 Å². The van der Waals surface area contributed by atoms with Crippen LogP contribution in [0.5, 0.6) is 0 Å². The molecule has 7 nitrogen and oxygen atoms in total. The standard InChI is InChI=1S/C26H30FN6OPS/c1-4-16(3)36-19-8-6-18(7-9-19)22-14-30-24(28)23(31-22)26-33-32-25(34-26)20-10-5-17(11-21(20)27)13-29-12-15(2)35/h5-11,14-16,29H,4,12-13,35H2,1-3H3,(H2,28,30). The number of hydrogen-bond acceptors (Lipinski definition) is 8. The molecule has 3 N–H and O–H groups in total. The van der Waals surface area contributed by atoms with E-state index in [1.165, 1.54) is 11.0 Å². The van der Waals surface area contributed by atoms with Gasteiger partial charge in [0.25, 0.3) is 11.8 Å². The van der Waals surface area contributed by atoms with Crippen LogP contribution in [-0.2, 0) is 6.54 Å². The van der Waals surface area contributed by atoms with Crippen LogP contribution < -0.4 is 11.1 Å². The second-order valence-corrected chi connectivity index (χ2v) is 11.3. The average molecular weight is 525 g/mol. The Hall–Kier alpha value is -2.87. The molecule has 2 aromatic carbocycles. The highest BCUT2D eigenvalue weighted by Crippen LogP contribution is 2.31. The number of rotatable bonds is 10. The second-order valence-electron chi connectivity index (χ2n) is 8.68. The Morgan fingerprint density at radius 2 is 1.86 bits per heavy atom. The number of nitrogens with two attached hydrogens (primary N) is 1. The van der Waals surface area contributed by atoms with Crippen LogP contribution in [0.1, 0.15) is 32.8 Å². The molecule has 2 heterocycles. The first-order valence-corrected chi connectivity index (χ1v) is 13.4. The first-order chi connectivity index (χ1) is 17.3. The van der Waals surface area contributed by atoms with E-state index in [1.807, 2.05) is 30.0 Å². The fourth-order valence-corrected chi connectivity index (χ4v) is 4.52. The minimum Gasteiger partial charge on any atom is -0.414 e. The van der Waals surface area contributed by atoms with Crippen molar-refractivity contribution >= 4 is 26.8 Å². The van der Waals surface area contributed by atoms with Crippen molar-refractivity contribution in [1.29, 1.82) is 0 Å². The van der Waals surface area contributed by atoms with Gasteiger partial charge in [-0.25, -0.2) is 14.4 Å². The molecule has 0 saturated heterocycles. The summed E-state index contributed by atoms with van der Waals surface area (Å²) in [5.41, 5.74) is 9.34. The highest BCUT2D eigenvalue weighted by molar-refractivity contribution is 7.99. The van der Waals surface area contributed by atoms with Crippen LogP contribution in [0.3, 0.4) is 0 Å². The van der Waals surface area contributed by atoms with E-state index in [0.717, 1.165) is 24.1 Å². The SMILES string of the molecule is CCC(C)Sc1ccc(-c2cnc(N)c(-c3nnc(-c4ccc(CNCC(C)P)cc4F)o3)n2)cc1. The zero-order valence-electron chi connectivity index (χ0n) is 20.5. The van der Waals surface area contributed by atoms with Gasteiger partial charge < -0.3 is 15.5 Å². The summed E-state index contributed by atoms with van der Waals surface area (Å²) in [5.74, 6) is -0.145. The number of hydrogen-bond donors (Lipinski definition) is 2. The van der Waals surface area contributed by atoms with Crippen molar-refractivity contribution < 1.29 is 8.81 Å². The second kappa shape index (κ2) is 11.9. The molecule has 36 heavy (non-hydrogen) atoms. The topological polar surface area (TPSA) is 103 Å². The van der Waals surface area contributed by atoms with Crippen molar-refractivity contribution in [3.05, 3.63) is 60.0 Å². The molecule has 4 aromatic rings. The average Bonchev–Trinajstić information content (AvgIpc) is 3.34. The molecule has 0 amide bonds. The summed E-state index contributed by atoms with van der Waals surface area (Å²) in [6.07, 6.45) is 2.71. The quantitative estimate of drug-likeness (QED) is 0.197. The van der Waals surface area contributed by atoms with Crippen molar-refractivity contribution in [2.75, 3.05) is 12.3 Å².